The fraction of sp³-hybridized carbons (Fsp3) is 0.143. The van der Waals surface area contributed by atoms with E-state index in [2.05, 4.69) is 0 Å². The average Bonchev–Trinajstić information content (AvgIpc) is 1.95. The van der Waals surface area contributed by atoms with Gasteiger partial charge < -0.3 is 5.73 Å². The molecule has 0 atom stereocenters. The van der Waals surface area contributed by atoms with Gasteiger partial charge in [0.05, 0.1) is 10.7 Å². The van der Waals surface area contributed by atoms with Crippen LogP contribution in [0.3, 0.4) is 0 Å². The number of hydrogen-bond donors (Lipinski definition) is 2. The van der Waals surface area contributed by atoms with Gasteiger partial charge in [0.15, 0.2) is 0 Å². The molecule has 4 nitrogen and oxygen atoms in total. The maximum absolute atomic E-state index is 10.8. The summed E-state index contributed by atoms with van der Waals surface area (Å²) in [7, 11) is -4.30. The lowest BCUT2D eigenvalue weighted by Gasteiger charge is -2.06. The van der Waals surface area contributed by atoms with E-state index >= 15 is 0 Å². The molecule has 0 fully saturated rings. The molecule has 1 aromatic carbocycles. The van der Waals surface area contributed by atoms with Crippen LogP contribution < -0.4 is 5.73 Å². The zero-order valence-electron chi connectivity index (χ0n) is 6.78. The molecule has 0 spiro atoms. The Kier molecular flexibility index (Phi) is 2.51. The lowest BCUT2D eigenvalue weighted by molar-refractivity contribution is 0.483. The van der Waals surface area contributed by atoms with E-state index in [0.717, 1.165) is 0 Å². The lowest BCUT2D eigenvalue weighted by Crippen LogP contribution is -2.05. The van der Waals surface area contributed by atoms with E-state index in [1.54, 1.807) is 0 Å². The number of nitrogen functional groups attached to an aromatic ring is 1. The van der Waals surface area contributed by atoms with E-state index in [1.807, 2.05) is 0 Å². The van der Waals surface area contributed by atoms with E-state index in [9.17, 15) is 8.42 Å². The van der Waals surface area contributed by atoms with Crippen molar-refractivity contribution < 1.29 is 13.0 Å². The van der Waals surface area contributed by atoms with Gasteiger partial charge in [0.25, 0.3) is 10.1 Å². The molecule has 0 aromatic heterocycles. The van der Waals surface area contributed by atoms with Crippen LogP contribution in [0.1, 0.15) is 5.56 Å². The SMILES string of the molecule is Cc1ccc(Cl)c(N)c1S(=O)(=O)O. The maximum Gasteiger partial charge on any atom is 0.296 e. The minimum Gasteiger partial charge on any atom is -0.396 e. The van der Waals surface area contributed by atoms with Gasteiger partial charge in [-0.25, -0.2) is 0 Å². The lowest BCUT2D eigenvalue weighted by atomic mass is 10.2. The highest BCUT2D eigenvalue weighted by molar-refractivity contribution is 7.86. The second-order valence-corrected chi connectivity index (χ2v) is 4.35. The Hall–Kier alpha value is -0.780. The largest absolute Gasteiger partial charge is 0.396 e. The first-order valence-electron chi connectivity index (χ1n) is 3.36. The van der Waals surface area contributed by atoms with Crippen molar-refractivity contribution >= 4 is 27.4 Å². The molecule has 72 valence electrons. The third-order valence-corrected chi connectivity index (χ3v) is 2.99. The molecule has 0 bridgehead atoms. The van der Waals surface area contributed by atoms with Crippen LogP contribution >= 0.6 is 11.6 Å². The zero-order chi connectivity index (χ0) is 10.2. The molecule has 0 saturated carbocycles. The number of anilines is 1. The van der Waals surface area contributed by atoms with E-state index in [-0.39, 0.29) is 15.6 Å². The first kappa shape index (κ1) is 10.3. The zero-order valence-corrected chi connectivity index (χ0v) is 8.35. The van der Waals surface area contributed by atoms with Gasteiger partial charge in [-0.1, -0.05) is 17.7 Å². The normalized spacial score (nSPS) is 11.6. The van der Waals surface area contributed by atoms with Crippen molar-refractivity contribution in [3.63, 3.8) is 0 Å². The Morgan fingerprint density at radius 2 is 2.00 bits per heavy atom. The van der Waals surface area contributed by atoms with E-state index < -0.39 is 10.1 Å². The molecule has 0 aliphatic rings. The van der Waals surface area contributed by atoms with Crippen molar-refractivity contribution in [3.05, 3.63) is 22.7 Å². The number of aryl methyl sites for hydroxylation is 1. The third-order valence-electron chi connectivity index (χ3n) is 1.60. The average molecular weight is 222 g/mol. The highest BCUT2D eigenvalue weighted by atomic mass is 35.5. The van der Waals surface area contributed by atoms with Crippen molar-refractivity contribution in [2.24, 2.45) is 0 Å². The van der Waals surface area contributed by atoms with E-state index in [4.69, 9.17) is 21.9 Å². The summed E-state index contributed by atoms with van der Waals surface area (Å²) >= 11 is 5.59. The second kappa shape index (κ2) is 3.17. The standard InChI is InChI=1S/C7H8ClNO3S/c1-4-2-3-5(8)6(9)7(4)13(10,11)12/h2-3H,9H2,1H3,(H,10,11,12). The molecule has 0 heterocycles. The molecule has 6 heteroatoms. The van der Waals surface area contributed by atoms with Crippen molar-refractivity contribution in [2.75, 3.05) is 5.73 Å². The van der Waals surface area contributed by atoms with Gasteiger partial charge in [0.1, 0.15) is 4.90 Å². The number of benzene rings is 1. The van der Waals surface area contributed by atoms with Crippen LogP contribution in [0, 0.1) is 6.92 Å². The maximum atomic E-state index is 10.8. The minimum atomic E-state index is -4.30. The molecule has 1 rings (SSSR count). The van der Waals surface area contributed by atoms with Crippen molar-refractivity contribution in [1.82, 2.24) is 0 Å². The molecule has 0 aliphatic heterocycles. The van der Waals surface area contributed by atoms with Crippen molar-refractivity contribution in [3.8, 4) is 0 Å². The second-order valence-electron chi connectivity index (χ2n) is 2.58. The van der Waals surface area contributed by atoms with Gasteiger partial charge in [-0.05, 0) is 18.6 Å². The summed E-state index contributed by atoms with van der Waals surface area (Å²) in [6.07, 6.45) is 0. The van der Waals surface area contributed by atoms with Crippen molar-refractivity contribution in [2.45, 2.75) is 11.8 Å². The minimum absolute atomic E-state index is 0.109. The van der Waals surface area contributed by atoms with Crippen LogP contribution in [0.2, 0.25) is 5.02 Å². The first-order chi connectivity index (χ1) is 5.84. The fourth-order valence-electron chi connectivity index (χ4n) is 1.03. The molecular weight excluding hydrogens is 214 g/mol. The third kappa shape index (κ3) is 1.93. The number of rotatable bonds is 1. The summed E-state index contributed by atoms with van der Waals surface area (Å²) in [5.41, 5.74) is 5.64. The van der Waals surface area contributed by atoms with Crippen LogP contribution in [-0.4, -0.2) is 13.0 Å². The van der Waals surface area contributed by atoms with Crippen LogP contribution in [-0.2, 0) is 10.1 Å². The number of nitrogens with two attached hydrogens (primary N) is 1. The summed E-state index contributed by atoms with van der Waals surface area (Å²) in [5, 5.41) is 0.109. The van der Waals surface area contributed by atoms with Gasteiger partial charge in [-0.3, -0.25) is 4.55 Å². The Morgan fingerprint density at radius 1 is 1.46 bits per heavy atom. The van der Waals surface area contributed by atoms with Crippen LogP contribution in [0.4, 0.5) is 5.69 Å². The first-order valence-corrected chi connectivity index (χ1v) is 5.18. The highest BCUT2D eigenvalue weighted by Gasteiger charge is 2.18. The molecule has 0 saturated heterocycles. The quantitative estimate of drug-likeness (QED) is 0.556. The van der Waals surface area contributed by atoms with Crippen molar-refractivity contribution in [1.29, 1.82) is 0 Å². The Bertz CT molecular complexity index is 441. The van der Waals surface area contributed by atoms with E-state index in [1.165, 1.54) is 19.1 Å². The highest BCUT2D eigenvalue weighted by Crippen LogP contribution is 2.29. The summed E-state index contributed by atoms with van der Waals surface area (Å²) in [5.74, 6) is 0. The summed E-state index contributed by atoms with van der Waals surface area (Å²) in [6.45, 7) is 1.52. The van der Waals surface area contributed by atoms with Gasteiger partial charge in [0.2, 0.25) is 0 Å². The van der Waals surface area contributed by atoms with Crippen LogP contribution in [0.5, 0.6) is 0 Å². The Balaban J connectivity index is 3.62. The monoisotopic (exact) mass is 221 g/mol. The predicted octanol–water partition coefficient (Wildman–Crippen LogP) is 1.48. The molecular formula is C7H8ClNO3S. The Labute approximate surface area is 81.1 Å². The van der Waals surface area contributed by atoms with E-state index in [0.29, 0.717) is 5.56 Å². The molecule has 0 aliphatic carbocycles. The number of hydrogen-bond acceptors (Lipinski definition) is 3. The Morgan fingerprint density at radius 3 is 2.38 bits per heavy atom. The summed E-state index contributed by atoms with van der Waals surface area (Å²) in [4.78, 5) is -0.319. The summed E-state index contributed by atoms with van der Waals surface area (Å²) < 4.78 is 30.5. The molecule has 1 aromatic rings. The molecule has 0 radical (unpaired) electrons. The summed E-state index contributed by atoms with van der Waals surface area (Å²) in [6, 6.07) is 2.95. The smallest absolute Gasteiger partial charge is 0.296 e. The topological polar surface area (TPSA) is 80.4 Å². The van der Waals surface area contributed by atoms with Gasteiger partial charge in [0, 0.05) is 0 Å². The molecule has 0 unspecified atom stereocenters. The number of halogens is 1. The molecule has 0 amide bonds. The molecule has 13 heavy (non-hydrogen) atoms. The molecule has 3 N–H and O–H groups in total. The van der Waals surface area contributed by atoms with Gasteiger partial charge in [-0.15, -0.1) is 0 Å². The predicted molar refractivity (Wildman–Crippen MR) is 50.4 cm³/mol. The van der Waals surface area contributed by atoms with Gasteiger partial charge >= 0.3 is 0 Å². The van der Waals surface area contributed by atoms with Crippen LogP contribution in [0.25, 0.3) is 0 Å². The van der Waals surface area contributed by atoms with Crippen LogP contribution in [0.15, 0.2) is 17.0 Å². The fourth-order valence-corrected chi connectivity index (χ4v) is 2.10. The van der Waals surface area contributed by atoms with Gasteiger partial charge in [-0.2, -0.15) is 8.42 Å².